The Labute approximate surface area is 274 Å². The van der Waals surface area contributed by atoms with E-state index in [4.69, 9.17) is 21.3 Å². The summed E-state index contributed by atoms with van der Waals surface area (Å²) in [7, 11) is -3.65. The lowest BCUT2D eigenvalue weighted by Crippen LogP contribution is -2.56. The van der Waals surface area contributed by atoms with Crippen LogP contribution in [0.4, 0.5) is 19.0 Å². The van der Waals surface area contributed by atoms with Crippen molar-refractivity contribution in [1.29, 1.82) is 0 Å². The zero-order valence-corrected chi connectivity index (χ0v) is 26.8. The van der Waals surface area contributed by atoms with Gasteiger partial charge in [-0.15, -0.1) is 0 Å². The van der Waals surface area contributed by atoms with Crippen molar-refractivity contribution in [2.24, 2.45) is 0 Å². The van der Waals surface area contributed by atoms with Crippen LogP contribution in [0.25, 0.3) is 32.8 Å². The van der Waals surface area contributed by atoms with Crippen molar-refractivity contribution >= 4 is 49.3 Å². The molecule has 4 aliphatic heterocycles. The van der Waals surface area contributed by atoms with Crippen molar-refractivity contribution in [2.45, 2.75) is 49.4 Å². The topological polar surface area (TPSA) is 120 Å². The first-order valence-corrected chi connectivity index (χ1v) is 17.5. The smallest absolute Gasteiger partial charge is 0.319 e. The van der Waals surface area contributed by atoms with E-state index in [1.807, 2.05) is 4.90 Å². The zero-order valence-electron chi connectivity index (χ0n) is 25.2. The number of halogens is 4. The van der Waals surface area contributed by atoms with Crippen LogP contribution in [-0.2, 0) is 10.2 Å². The summed E-state index contributed by atoms with van der Waals surface area (Å²) < 4.78 is 82.0. The van der Waals surface area contributed by atoms with Gasteiger partial charge in [-0.05, 0) is 67.4 Å². The number of phenolic OH excluding ortho intramolecular Hbond substituents is 1. The molecular weight excluding hydrogens is 657 g/mol. The minimum atomic E-state index is -3.65. The van der Waals surface area contributed by atoms with E-state index in [0.717, 1.165) is 19.4 Å². The predicted molar refractivity (Wildman–Crippen MR) is 172 cm³/mol. The third kappa shape index (κ3) is 5.25. The van der Waals surface area contributed by atoms with Gasteiger partial charge in [-0.1, -0.05) is 23.7 Å². The predicted octanol–water partition coefficient (Wildman–Crippen LogP) is 4.82. The number of hydrogen-bond donors (Lipinski definition) is 3. The Balaban J connectivity index is 1.26. The molecule has 1 aromatic heterocycles. The van der Waals surface area contributed by atoms with E-state index in [0.29, 0.717) is 48.9 Å². The highest BCUT2D eigenvalue weighted by Crippen LogP contribution is 2.43. The van der Waals surface area contributed by atoms with E-state index in [2.05, 4.69) is 19.3 Å². The van der Waals surface area contributed by atoms with Gasteiger partial charge in [0.1, 0.15) is 35.7 Å². The number of nitrogens with zero attached hydrogens (tertiary/aromatic N) is 4. The zero-order chi connectivity index (χ0) is 32.7. The summed E-state index contributed by atoms with van der Waals surface area (Å²) in [6.07, 6.45) is 2.28. The number of fused-ring (bicyclic) bond motifs is 3. The highest BCUT2D eigenvalue weighted by atomic mass is 35.5. The van der Waals surface area contributed by atoms with Crippen LogP contribution in [-0.4, -0.2) is 85.0 Å². The van der Waals surface area contributed by atoms with Crippen molar-refractivity contribution in [1.82, 2.24) is 24.3 Å². The van der Waals surface area contributed by atoms with Crippen LogP contribution in [0.15, 0.2) is 36.4 Å². The number of phenols is 1. The summed E-state index contributed by atoms with van der Waals surface area (Å²) >= 11 is 6.38. The summed E-state index contributed by atoms with van der Waals surface area (Å²) in [5, 5.41) is 11.3. The summed E-state index contributed by atoms with van der Waals surface area (Å²) in [4.78, 5) is 13.3. The second-order valence-corrected chi connectivity index (χ2v) is 15.1. The van der Waals surface area contributed by atoms with Crippen LogP contribution in [0.5, 0.6) is 11.8 Å². The van der Waals surface area contributed by atoms with Crippen molar-refractivity contribution < 1.29 is 31.4 Å². The van der Waals surface area contributed by atoms with E-state index in [-0.39, 0.29) is 58.5 Å². The molecule has 248 valence electrons. The van der Waals surface area contributed by atoms with E-state index in [9.17, 15) is 22.3 Å². The number of piperidine rings is 1. The number of aromatic nitrogens is 2. The summed E-state index contributed by atoms with van der Waals surface area (Å²) in [5.41, 5.74) is -1.15. The average molecular weight is 689 g/mol. The number of hydrogen-bond acceptors (Lipinski definition) is 8. The maximum Gasteiger partial charge on any atom is 0.319 e. The molecule has 0 bridgehead atoms. The Morgan fingerprint density at radius 1 is 1.09 bits per heavy atom. The molecule has 4 aliphatic rings. The number of rotatable bonds is 5. The second kappa shape index (κ2) is 11.1. The molecule has 0 aliphatic carbocycles. The fourth-order valence-corrected chi connectivity index (χ4v) is 9.63. The largest absolute Gasteiger partial charge is 0.508 e. The number of benzene rings is 3. The quantitative estimate of drug-likeness (QED) is 0.273. The first-order valence-electron chi connectivity index (χ1n) is 15.6. The normalized spacial score (nSPS) is 27.3. The number of anilines is 1. The SMILES string of the molecule is O=S1(=O)NCC2(CCCN(c3nc(OC[C@@]45CCCN4C[C@H](F)C5)nc4c(F)c(-c5cc(O)cc6ccc(F)c(Cl)c56)ccc34)C2)N1. The van der Waals surface area contributed by atoms with Crippen LogP contribution in [0.3, 0.4) is 0 Å². The van der Waals surface area contributed by atoms with Crippen molar-refractivity contribution in [3.05, 3.63) is 53.1 Å². The summed E-state index contributed by atoms with van der Waals surface area (Å²) in [6, 6.07) is 8.45. The van der Waals surface area contributed by atoms with Gasteiger partial charge in [0.2, 0.25) is 0 Å². The van der Waals surface area contributed by atoms with Crippen LogP contribution in [0.1, 0.15) is 32.1 Å². The Morgan fingerprint density at radius 2 is 1.91 bits per heavy atom. The van der Waals surface area contributed by atoms with Gasteiger partial charge in [0.15, 0.2) is 5.82 Å². The molecule has 4 fully saturated rings. The molecule has 15 heteroatoms. The molecule has 10 nitrogen and oxygen atoms in total. The van der Waals surface area contributed by atoms with Crippen LogP contribution >= 0.6 is 11.6 Å². The summed E-state index contributed by atoms with van der Waals surface area (Å²) in [6.45, 7) is 2.21. The van der Waals surface area contributed by atoms with Crippen LogP contribution in [0, 0.1) is 11.6 Å². The molecular formula is C32H32ClF3N6O4S. The molecule has 0 saturated carbocycles. The third-order valence-corrected chi connectivity index (χ3v) is 11.7. The van der Waals surface area contributed by atoms with Gasteiger partial charge >= 0.3 is 6.01 Å². The second-order valence-electron chi connectivity index (χ2n) is 13.2. The molecule has 3 atom stereocenters. The molecule has 4 saturated heterocycles. The first kappa shape index (κ1) is 30.9. The average Bonchev–Trinajstić information content (AvgIpc) is 3.66. The van der Waals surface area contributed by atoms with Gasteiger partial charge < -0.3 is 14.7 Å². The minimum absolute atomic E-state index is 0.0287. The third-order valence-electron chi connectivity index (χ3n) is 10.1. The molecule has 0 amide bonds. The van der Waals surface area contributed by atoms with Gasteiger partial charge in [0.25, 0.3) is 10.2 Å². The van der Waals surface area contributed by atoms with E-state index >= 15 is 4.39 Å². The van der Waals surface area contributed by atoms with Gasteiger partial charge in [0, 0.05) is 48.9 Å². The van der Waals surface area contributed by atoms with Gasteiger partial charge in [0.05, 0.1) is 16.1 Å². The molecule has 3 aromatic carbocycles. The fraction of sp³-hybridized carbons (Fsp3) is 0.438. The Morgan fingerprint density at radius 3 is 2.72 bits per heavy atom. The number of ether oxygens (including phenoxy) is 1. The summed E-state index contributed by atoms with van der Waals surface area (Å²) in [5.74, 6) is -1.24. The molecule has 47 heavy (non-hydrogen) atoms. The number of aromatic hydroxyl groups is 1. The van der Waals surface area contributed by atoms with Gasteiger partial charge in [-0.2, -0.15) is 23.1 Å². The lowest BCUT2D eigenvalue weighted by Gasteiger charge is -2.40. The van der Waals surface area contributed by atoms with Gasteiger partial charge in [-0.3, -0.25) is 4.90 Å². The fourth-order valence-electron chi connectivity index (χ4n) is 8.01. The number of alkyl halides is 1. The Kier molecular flexibility index (Phi) is 7.26. The van der Waals surface area contributed by atoms with E-state index in [1.54, 1.807) is 6.07 Å². The molecule has 8 rings (SSSR count). The maximum absolute atomic E-state index is 16.8. The van der Waals surface area contributed by atoms with Crippen molar-refractivity contribution in [2.75, 3.05) is 44.2 Å². The molecule has 5 heterocycles. The maximum atomic E-state index is 16.8. The first-order chi connectivity index (χ1) is 22.4. The van der Waals surface area contributed by atoms with E-state index < -0.39 is 39.1 Å². The highest BCUT2D eigenvalue weighted by Gasteiger charge is 2.49. The lowest BCUT2D eigenvalue weighted by molar-refractivity contribution is 0.107. The molecule has 3 N–H and O–H groups in total. The Bertz CT molecular complexity index is 2060. The standard InChI is InChI=1S/C32H32ClF3N6O4S/c33-26-24(35)6-3-18-11-20(43)12-23(25(18)26)21-4-5-22-28(27(21)36)38-30(46-17-32-8-2-10-42(32)14-19(34)13-32)39-29(22)41-9-1-7-31(16-41)15-37-47(44,45)40-31/h3-6,11-12,19,37,40,43H,1-2,7-10,13-17H2/t19-,31?,32+/m1/s1. The van der Waals surface area contributed by atoms with Crippen LogP contribution in [0.2, 0.25) is 5.02 Å². The molecule has 0 radical (unpaired) electrons. The number of nitrogens with one attached hydrogen (secondary N) is 2. The molecule has 4 aromatic rings. The highest BCUT2D eigenvalue weighted by molar-refractivity contribution is 7.87. The Hall–Kier alpha value is -3.43. The van der Waals surface area contributed by atoms with Crippen molar-refractivity contribution in [3.63, 3.8) is 0 Å². The monoisotopic (exact) mass is 688 g/mol. The van der Waals surface area contributed by atoms with Crippen LogP contribution < -0.4 is 19.1 Å². The van der Waals surface area contributed by atoms with Crippen molar-refractivity contribution in [3.8, 4) is 22.9 Å². The minimum Gasteiger partial charge on any atom is -0.508 e. The molecule has 1 spiro atoms. The lowest BCUT2D eigenvalue weighted by atomic mass is 9.90. The van der Waals surface area contributed by atoms with E-state index in [1.165, 1.54) is 30.3 Å². The molecule has 1 unspecified atom stereocenters. The van der Waals surface area contributed by atoms with Gasteiger partial charge in [-0.25, -0.2) is 17.9 Å².